The van der Waals surface area contributed by atoms with E-state index in [1.807, 2.05) is 0 Å². The third-order valence-corrected chi connectivity index (χ3v) is 23.2. The first-order chi connectivity index (χ1) is 31.6. The van der Waals surface area contributed by atoms with E-state index in [0.29, 0.717) is 19.8 Å². The van der Waals surface area contributed by atoms with E-state index in [4.69, 9.17) is 18.3 Å². The Morgan fingerprint density at radius 2 is 0.723 bits per heavy atom. The van der Waals surface area contributed by atoms with Gasteiger partial charge >= 0.3 is 0 Å². The summed E-state index contributed by atoms with van der Waals surface area (Å²) >= 11 is 0. The molecule has 0 heterocycles. The van der Waals surface area contributed by atoms with Crippen LogP contribution in [0.4, 0.5) is 0 Å². The zero-order chi connectivity index (χ0) is 46.5. The number of rotatable bonds is 34. The molecular weight excluding hydrogens is 829 g/mol. The minimum Gasteiger partial charge on any atom is -0.407 e. The SMILES string of the molecule is CCCCCCCC/C=C\CCCCCCCCOCC(COCCCCCCO[Si](c1ccccc1)(c1ccccc1)C(C)(C)C)O[Si](c1ccccc1)(c1ccccc1)C(C)(C)C. The van der Waals surface area contributed by atoms with Crippen molar-refractivity contribution in [1.82, 2.24) is 0 Å². The van der Waals surface area contributed by atoms with Gasteiger partial charge in [-0.25, -0.2) is 0 Å². The van der Waals surface area contributed by atoms with Crippen molar-refractivity contribution in [3.05, 3.63) is 133 Å². The van der Waals surface area contributed by atoms with E-state index in [0.717, 1.165) is 45.3 Å². The highest BCUT2D eigenvalue weighted by atomic mass is 28.4. The zero-order valence-corrected chi connectivity index (χ0v) is 44.2. The van der Waals surface area contributed by atoms with Gasteiger partial charge in [-0.05, 0) is 75.8 Å². The van der Waals surface area contributed by atoms with Gasteiger partial charge in [0.25, 0.3) is 16.6 Å². The molecule has 0 radical (unpaired) electrons. The van der Waals surface area contributed by atoms with Gasteiger partial charge in [0.2, 0.25) is 0 Å². The first-order valence-corrected chi connectivity index (χ1v) is 29.7. The van der Waals surface area contributed by atoms with Crippen molar-refractivity contribution >= 4 is 37.4 Å². The summed E-state index contributed by atoms with van der Waals surface area (Å²) in [4.78, 5) is 0. The Bertz CT molecular complexity index is 1710. The van der Waals surface area contributed by atoms with Gasteiger partial charge in [0.15, 0.2) is 0 Å². The maximum absolute atomic E-state index is 7.57. The molecule has 0 aliphatic carbocycles. The predicted octanol–water partition coefficient (Wildman–Crippen LogP) is 14.1. The quantitative estimate of drug-likeness (QED) is 0.0266. The lowest BCUT2D eigenvalue weighted by Crippen LogP contribution is -2.68. The number of unbranched alkanes of at least 4 members (excludes halogenated alkanes) is 15. The number of hydrogen-bond acceptors (Lipinski definition) is 4. The van der Waals surface area contributed by atoms with Crippen LogP contribution in [0.3, 0.4) is 0 Å². The van der Waals surface area contributed by atoms with Crippen LogP contribution >= 0.6 is 0 Å². The number of hydrogen-bond donors (Lipinski definition) is 0. The Labute approximate surface area is 400 Å². The Morgan fingerprint density at radius 1 is 0.400 bits per heavy atom. The van der Waals surface area contributed by atoms with Crippen LogP contribution in [0.1, 0.15) is 164 Å². The third kappa shape index (κ3) is 17.8. The predicted molar refractivity (Wildman–Crippen MR) is 286 cm³/mol. The van der Waals surface area contributed by atoms with E-state index in [1.54, 1.807) is 0 Å². The van der Waals surface area contributed by atoms with Crippen LogP contribution in [0.15, 0.2) is 133 Å². The summed E-state index contributed by atoms with van der Waals surface area (Å²) in [6.07, 6.45) is 27.2. The van der Waals surface area contributed by atoms with Crippen molar-refractivity contribution in [3.8, 4) is 0 Å². The molecule has 4 aromatic rings. The molecule has 0 aromatic heterocycles. The Kier molecular flexibility index (Phi) is 25.4. The van der Waals surface area contributed by atoms with Crippen LogP contribution in [-0.4, -0.2) is 55.8 Å². The van der Waals surface area contributed by atoms with Crippen molar-refractivity contribution in [1.29, 1.82) is 0 Å². The highest BCUT2D eigenvalue weighted by molar-refractivity contribution is 7.00. The molecule has 358 valence electrons. The number of allylic oxidation sites excluding steroid dienone is 2. The molecule has 0 fully saturated rings. The van der Waals surface area contributed by atoms with Crippen LogP contribution in [0, 0.1) is 0 Å². The van der Waals surface area contributed by atoms with Gasteiger partial charge in [-0.15, -0.1) is 0 Å². The maximum Gasteiger partial charge on any atom is 0.261 e. The number of benzene rings is 4. The van der Waals surface area contributed by atoms with E-state index in [-0.39, 0.29) is 16.2 Å². The molecule has 1 atom stereocenters. The molecule has 6 heteroatoms. The molecule has 0 spiro atoms. The molecule has 0 amide bonds. The summed E-state index contributed by atoms with van der Waals surface area (Å²) in [7, 11) is -5.28. The Hall–Kier alpha value is -3.11. The minimum absolute atomic E-state index is 0.00968. The fourth-order valence-corrected chi connectivity index (χ4v) is 18.8. The maximum atomic E-state index is 7.57. The second kappa shape index (κ2) is 30.3. The molecular formula is C59H90O4Si2. The van der Waals surface area contributed by atoms with Crippen LogP contribution in [0.25, 0.3) is 0 Å². The van der Waals surface area contributed by atoms with Crippen LogP contribution < -0.4 is 20.7 Å². The summed E-state index contributed by atoms with van der Waals surface area (Å²) < 4.78 is 27.7. The van der Waals surface area contributed by atoms with Crippen molar-refractivity contribution in [2.24, 2.45) is 0 Å². The Balaban J connectivity index is 1.27. The van der Waals surface area contributed by atoms with Gasteiger partial charge in [0, 0.05) is 19.8 Å². The van der Waals surface area contributed by atoms with Crippen molar-refractivity contribution < 1.29 is 18.3 Å². The molecule has 0 aliphatic rings. The molecule has 0 saturated carbocycles. The molecule has 4 nitrogen and oxygen atoms in total. The highest BCUT2D eigenvalue weighted by Crippen LogP contribution is 2.38. The lowest BCUT2D eigenvalue weighted by Gasteiger charge is -2.45. The van der Waals surface area contributed by atoms with Crippen molar-refractivity contribution in [2.75, 3.05) is 33.0 Å². The van der Waals surface area contributed by atoms with Gasteiger partial charge < -0.3 is 18.3 Å². The summed E-state index contributed by atoms with van der Waals surface area (Å²) in [6, 6.07) is 43.9. The van der Waals surface area contributed by atoms with Crippen molar-refractivity contribution in [2.45, 2.75) is 180 Å². The van der Waals surface area contributed by atoms with Crippen LogP contribution in [0.5, 0.6) is 0 Å². The smallest absolute Gasteiger partial charge is 0.261 e. The largest absolute Gasteiger partial charge is 0.407 e. The van der Waals surface area contributed by atoms with Gasteiger partial charge in [-0.2, -0.15) is 0 Å². The lowest BCUT2D eigenvalue weighted by molar-refractivity contribution is -0.0122. The van der Waals surface area contributed by atoms with E-state index < -0.39 is 16.6 Å². The molecule has 65 heavy (non-hydrogen) atoms. The average molecular weight is 920 g/mol. The fraction of sp³-hybridized carbons (Fsp3) is 0.559. The second-order valence-electron chi connectivity index (χ2n) is 20.4. The first-order valence-electron chi connectivity index (χ1n) is 25.9. The second-order valence-corrected chi connectivity index (χ2v) is 29.0. The van der Waals surface area contributed by atoms with Crippen LogP contribution in [-0.2, 0) is 18.3 Å². The summed E-state index contributed by atoms with van der Waals surface area (Å²) in [5.41, 5.74) is 0. The summed E-state index contributed by atoms with van der Waals surface area (Å²) in [6.45, 7) is 19.7. The van der Waals surface area contributed by atoms with E-state index in [9.17, 15) is 0 Å². The molecule has 1 unspecified atom stereocenters. The topological polar surface area (TPSA) is 36.9 Å². The van der Waals surface area contributed by atoms with Gasteiger partial charge in [0.1, 0.15) is 0 Å². The highest BCUT2D eigenvalue weighted by Gasteiger charge is 2.52. The molecule has 4 aromatic carbocycles. The van der Waals surface area contributed by atoms with Gasteiger partial charge in [0.05, 0.1) is 19.3 Å². The first kappa shape index (κ1) is 54.5. The Morgan fingerprint density at radius 3 is 1.09 bits per heavy atom. The van der Waals surface area contributed by atoms with E-state index in [2.05, 4.69) is 182 Å². The average Bonchev–Trinajstić information content (AvgIpc) is 3.31. The monoisotopic (exact) mass is 919 g/mol. The third-order valence-electron chi connectivity index (χ3n) is 13.1. The van der Waals surface area contributed by atoms with Crippen molar-refractivity contribution in [3.63, 3.8) is 0 Å². The van der Waals surface area contributed by atoms with E-state index >= 15 is 0 Å². The normalized spacial score (nSPS) is 13.2. The lowest BCUT2D eigenvalue weighted by atomic mass is 10.1. The molecule has 0 N–H and O–H groups in total. The van der Waals surface area contributed by atoms with Gasteiger partial charge in [-0.1, -0.05) is 253 Å². The molecule has 0 bridgehead atoms. The summed E-state index contributed by atoms with van der Waals surface area (Å²) in [5.74, 6) is 0. The fourth-order valence-electron chi connectivity index (χ4n) is 9.59. The standard InChI is InChI=1S/C59H90O4Si2/c1-8-9-10-11-12-13-14-15-16-17-18-19-20-21-22-37-48-60-51-53(63-65(59(5,6)7,56-44-33-27-34-45-56)57-46-35-28-36-47-57)52-61-49-38-23-24-39-50-62-64(58(2,3)4,54-40-29-25-30-41-54)55-42-31-26-32-43-55/h15-16,25-36,40-47,53H,8-14,17-24,37-39,48-52H2,1-7H3/b16-15-. The summed E-state index contributed by atoms with van der Waals surface area (Å²) in [5, 5.41) is 5.14. The van der Waals surface area contributed by atoms with Crippen LogP contribution in [0.2, 0.25) is 10.1 Å². The zero-order valence-electron chi connectivity index (χ0n) is 42.2. The minimum atomic E-state index is -2.77. The molecule has 4 rings (SSSR count). The number of ether oxygens (including phenoxy) is 2. The molecule has 0 saturated heterocycles. The van der Waals surface area contributed by atoms with Gasteiger partial charge in [-0.3, -0.25) is 0 Å². The molecule has 0 aliphatic heterocycles. The van der Waals surface area contributed by atoms with E-state index in [1.165, 1.54) is 104 Å².